The fraction of sp³-hybridized carbons (Fsp3) is 0.588. The summed E-state index contributed by atoms with van der Waals surface area (Å²) in [5, 5.41) is 3.15. The molecule has 2 rings (SSSR count). The van der Waals surface area contributed by atoms with Gasteiger partial charge in [-0.1, -0.05) is 11.6 Å². The molecule has 140 valence electrons. The van der Waals surface area contributed by atoms with E-state index in [1.165, 1.54) is 4.90 Å². The van der Waals surface area contributed by atoms with Gasteiger partial charge in [0.15, 0.2) is 0 Å². The van der Waals surface area contributed by atoms with Crippen LogP contribution in [0.2, 0.25) is 5.02 Å². The van der Waals surface area contributed by atoms with E-state index in [9.17, 15) is 13.6 Å². The second-order valence-corrected chi connectivity index (χ2v) is 6.25. The number of likely N-dealkylation sites (tertiary alicyclic amines) is 1. The Morgan fingerprint density at radius 1 is 1.32 bits per heavy atom. The zero-order valence-corrected chi connectivity index (χ0v) is 15.0. The van der Waals surface area contributed by atoms with Gasteiger partial charge in [0, 0.05) is 37.6 Å². The topological polar surface area (TPSA) is 50.8 Å². The molecule has 25 heavy (non-hydrogen) atoms. The first-order valence-corrected chi connectivity index (χ1v) is 8.73. The number of anilines is 1. The van der Waals surface area contributed by atoms with Crippen LogP contribution in [0.5, 0.6) is 5.75 Å². The number of urea groups is 1. The third kappa shape index (κ3) is 6.32. The molecule has 1 heterocycles. The lowest BCUT2D eigenvalue weighted by atomic mass is 10.1. The number of hydrogen-bond acceptors (Lipinski definition) is 3. The third-order valence-corrected chi connectivity index (χ3v) is 4.11. The van der Waals surface area contributed by atoms with Crippen LogP contribution in [0.4, 0.5) is 19.3 Å². The second-order valence-electron chi connectivity index (χ2n) is 5.81. The predicted octanol–water partition coefficient (Wildman–Crippen LogP) is 4.41. The summed E-state index contributed by atoms with van der Waals surface area (Å²) in [6.07, 6.45) is -0.249. The average Bonchev–Trinajstić information content (AvgIpc) is 2.74. The quantitative estimate of drug-likeness (QED) is 0.748. The number of nitrogens with zero attached hydrogens (tertiary/aromatic N) is 1. The van der Waals surface area contributed by atoms with Crippen LogP contribution in [0.15, 0.2) is 18.2 Å². The molecule has 1 saturated heterocycles. The number of rotatable bonds is 6. The fourth-order valence-corrected chi connectivity index (χ4v) is 2.71. The van der Waals surface area contributed by atoms with Crippen molar-refractivity contribution in [3.05, 3.63) is 23.2 Å². The molecule has 1 aliphatic heterocycles. The van der Waals surface area contributed by atoms with Gasteiger partial charge in [-0.2, -0.15) is 0 Å². The lowest BCUT2D eigenvalue weighted by Gasteiger charge is -2.22. The summed E-state index contributed by atoms with van der Waals surface area (Å²) in [4.78, 5) is 13.8. The van der Waals surface area contributed by atoms with Crippen molar-refractivity contribution in [1.82, 2.24) is 4.90 Å². The molecule has 1 aromatic rings. The lowest BCUT2D eigenvalue weighted by molar-refractivity contribution is -0.0121. The highest BCUT2D eigenvalue weighted by atomic mass is 35.5. The van der Waals surface area contributed by atoms with Gasteiger partial charge in [0.2, 0.25) is 5.92 Å². The number of carbonyl (C=O) groups excluding carboxylic acids is 1. The van der Waals surface area contributed by atoms with Crippen LogP contribution in [0.25, 0.3) is 0 Å². The van der Waals surface area contributed by atoms with Gasteiger partial charge >= 0.3 is 6.03 Å². The van der Waals surface area contributed by atoms with E-state index in [0.717, 1.165) is 0 Å². The van der Waals surface area contributed by atoms with E-state index >= 15 is 0 Å². The SMILES string of the molecule is CCOCCOc1ccc(Cl)cc1NC(=O)N1CCCC(F)(F)CC1. The predicted molar refractivity (Wildman–Crippen MR) is 92.8 cm³/mol. The lowest BCUT2D eigenvalue weighted by Crippen LogP contribution is -2.36. The van der Waals surface area contributed by atoms with Crippen LogP contribution >= 0.6 is 11.6 Å². The molecular weight excluding hydrogens is 354 g/mol. The normalized spacial score (nSPS) is 17.0. The average molecular weight is 377 g/mol. The van der Waals surface area contributed by atoms with Crippen LogP contribution in [0.1, 0.15) is 26.2 Å². The van der Waals surface area contributed by atoms with Gasteiger partial charge in [-0.25, -0.2) is 13.6 Å². The molecule has 0 bridgehead atoms. The summed E-state index contributed by atoms with van der Waals surface area (Å²) in [5.74, 6) is -2.25. The summed E-state index contributed by atoms with van der Waals surface area (Å²) in [6, 6.07) is 4.44. The van der Waals surface area contributed by atoms with E-state index in [1.54, 1.807) is 18.2 Å². The minimum absolute atomic E-state index is 0.0138. The van der Waals surface area contributed by atoms with Crippen molar-refractivity contribution in [1.29, 1.82) is 0 Å². The maximum absolute atomic E-state index is 13.4. The van der Waals surface area contributed by atoms with E-state index in [4.69, 9.17) is 21.1 Å². The van der Waals surface area contributed by atoms with Crippen LogP contribution in [0.3, 0.4) is 0 Å². The zero-order chi connectivity index (χ0) is 18.3. The van der Waals surface area contributed by atoms with Gasteiger partial charge in [-0.15, -0.1) is 0 Å². The molecule has 0 aromatic heterocycles. The number of nitrogens with one attached hydrogen (secondary N) is 1. The highest BCUT2D eigenvalue weighted by Gasteiger charge is 2.33. The second kappa shape index (κ2) is 9.20. The first kappa shape index (κ1) is 19.7. The van der Waals surface area contributed by atoms with Crippen molar-refractivity contribution in [2.75, 3.05) is 38.2 Å². The molecule has 8 heteroatoms. The van der Waals surface area contributed by atoms with Gasteiger partial charge in [0.05, 0.1) is 12.3 Å². The van der Waals surface area contributed by atoms with Gasteiger partial charge in [-0.3, -0.25) is 0 Å². The highest BCUT2D eigenvalue weighted by molar-refractivity contribution is 6.31. The first-order chi connectivity index (χ1) is 11.9. The summed E-state index contributed by atoms with van der Waals surface area (Å²) in [7, 11) is 0. The standard InChI is InChI=1S/C17H23ClF2N2O3/c1-2-24-10-11-25-15-5-4-13(18)12-14(15)21-16(23)22-8-3-6-17(19,20)7-9-22/h4-5,12H,2-3,6-11H2,1H3,(H,21,23). The number of amides is 2. The summed E-state index contributed by atoms with van der Waals surface area (Å²) in [5.41, 5.74) is 0.407. The Hall–Kier alpha value is -1.60. The molecule has 1 aliphatic rings. The van der Waals surface area contributed by atoms with E-state index in [-0.39, 0.29) is 25.8 Å². The zero-order valence-electron chi connectivity index (χ0n) is 14.2. The molecule has 0 saturated carbocycles. The maximum Gasteiger partial charge on any atom is 0.321 e. The molecule has 0 unspecified atom stereocenters. The van der Waals surface area contributed by atoms with Crippen LogP contribution < -0.4 is 10.1 Å². The van der Waals surface area contributed by atoms with Crippen LogP contribution in [-0.2, 0) is 4.74 Å². The fourth-order valence-electron chi connectivity index (χ4n) is 2.54. The molecule has 0 radical (unpaired) electrons. The van der Waals surface area contributed by atoms with Gasteiger partial charge in [0.25, 0.3) is 0 Å². The molecule has 1 fully saturated rings. The van der Waals surface area contributed by atoms with E-state index < -0.39 is 12.0 Å². The smallest absolute Gasteiger partial charge is 0.321 e. The summed E-state index contributed by atoms with van der Waals surface area (Å²) >= 11 is 5.99. The monoisotopic (exact) mass is 376 g/mol. The van der Waals surface area contributed by atoms with Crippen molar-refractivity contribution in [2.45, 2.75) is 32.1 Å². The minimum Gasteiger partial charge on any atom is -0.489 e. The maximum atomic E-state index is 13.4. The molecule has 0 atom stereocenters. The number of carbonyl (C=O) groups is 1. The Bertz CT molecular complexity index is 587. The van der Waals surface area contributed by atoms with Gasteiger partial charge in [-0.05, 0) is 31.5 Å². The van der Waals surface area contributed by atoms with Gasteiger partial charge < -0.3 is 19.7 Å². The van der Waals surface area contributed by atoms with E-state index in [2.05, 4.69) is 5.32 Å². The van der Waals surface area contributed by atoms with Crippen molar-refractivity contribution in [3.63, 3.8) is 0 Å². The van der Waals surface area contributed by atoms with Crippen molar-refractivity contribution in [2.24, 2.45) is 0 Å². The number of ether oxygens (including phenoxy) is 2. The van der Waals surface area contributed by atoms with E-state index in [0.29, 0.717) is 42.8 Å². The molecule has 0 aliphatic carbocycles. The molecule has 1 aromatic carbocycles. The molecule has 0 spiro atoms. The summed E-state index contributed by atoms with van der Waals surface area (Å²) in [6.45, 7) is 3.54. The van der Waals surface area contributed by atoms with Crippen LogP contribution in [0, 0.1) is 0 Å². The number of alkyl halides is 2. The Labute approximate surface area is 151 Å². The first-order valence-electron chi connectivity index (χ1n) is 8.35. The summed E-state index contributed by atoms with van der Waals surface area (Å²) < 4.78 is 37.7. The van der Waals surface area contributed by atoms with E-state index in [1.807, 2.05) is 6.92 Å². The van der Waals surface area contributed by atoms with Crippen molar-refractivity contribution < 1.29 is 23.0 Å². The van der Waals surface area contributed by atoms with Gasteiger partial charge in [0.1, 0.15) is 12.4 Å². The Balaban J connectivity index is 2.00. The van der Waals surface area contributed by atoms with Crippen molar-refractivity contribution in [3.8, 4) is 5.75 Å². The number of benzene rings is 1. The van der Waals surface area contributed by atoms with Crippen LogP contribution in [-0.4, -0.2) is 49.8 Å². The Morgan fingerprint density at radius 2 is 2.12 bits per heavy atom. The molecule has 1 N–H and O–H groups in total. The number of halogens is 3. The van der Waals surface area contributed by atoms with Crippen molar-refractivity contribution >= 4 is 23.3 Å². The molecule has 2 amide bonds. The molecule has 5 nitrogen and oxygen atoms in total. The third-order valence-electron chi connectivity index (χ3n) is 3.88. The largest absolute Gasteiger partial charge is 0.489 e. The number of hydrogen-bond donors (Lipinski definition) is 1. The Morgan fingerprint density at radius 3 is 2.88 bits per heavy atom. The molecular formula is C17H23ClF2N2O3. The highest BCUT2D eigenvalue weighted by Crippen LogP contribution is 2.30. The minimum atomic E-state index is -2.71. The Kier molecular flexibility index (Phi) is 7.25.